The Morgan fingerprint density at radius 3 is 2.12 bits per heavy atom. The van der Waals surface area contributed by atoms with E-state index in [-0.39, 0.29) is 23.8 Å². The Bertz CT molecular complexity index is 1410. The summed E-state index contributed by atoms with van der Waals surface area (Å²) in [6, 6.07) is 27.2. The summed E-state index contributed by atoms with van der Waals surface area (Å²) in [6.45, 7) is 0. The quantitative estimate of drug-likeness (QED) is 0.279. The molecule has 2 heterocycles. The van der Waals surface area contributed by atoms with Gasteiger partial charge in [-0.2, -0.15) is 0 Å². The maximum absolute atomic E-state index is 13.9. The fourth-order valence-electron chi connectivity index (χ4n) is 4.65. The summed E-state index contributed by atoms with van der Waals surface area (Å²) in [5, 5.41) is 2.36. The van der Waals surface area contributed by atoms with Gasteiger partial charge in [-0.1, -0.05) is 91.0 Å². The zero-order valence-electron chi connectivity index (χ0n) is 22.2. The monoisotopic (exact) mass is 588 g/mol. The number of β-lactam (4-membered cyclic amide) rings is 1. The molecule has 3 aromatic rings. The number of esters is 2. The highest BCUT2D eigenvalue weighted by Gasteiger charge is 2.54. The van der Waals surface area contributed by atoms with Crippen LogP contribution in [0.2, 0.25) is 0 Å². The molecule has 0 unspecified atom stereocenters. The first-order chi connectivity index (χ1) is 20.0. The first-order valence-electron chi connectivity index (χ1n) is 13.0. The molecule has 0 aliphatic carbocycles. The van der Waals surface area contributed by atoms with Crippen LogP contribution in [0.15, 0.2) is 102 Å². The lowest BCUT2D eigenvalue weighted by molar-refractivity contribution is -0.154. The highest BCUT2D eigenvalue weighted by molar-refractivity contribution is 8.06. The zero-order valence-corrected chi connectivity index (χ0v) is 23.9. The summed E-state index contributed by atoms with van der Waals surface area (Å²) >= 11 is 2.57. The number of methoxy groups -OCH3 is 1. The Hall–Kier alpha value is -4.02. The fraction of sp³-hybridized carbons (Fsp3) is 0.226. The molecule has 2 aliphatic rings. The second-order valence-corrected chi connectivity index (χ2v) is 11.5. The van der Waals surface area contributed by atoms with Crippen molar-refractivity contribution in [1.29, 1.82) is 0 Å². The van der Waals surface area contributed by atoms with Gasteiger partial charge in [-0.05, 0) is 16.7 Å². The molecule has 3 aromatic carbocycles. The van der Waals surface area contributed by atoms with Gasteiger partial charge in [0.1, 0.15) is 17.1 Å². The van der Waals surface area contributed by atoms with E-state index >= 15 is 0 Å². The number of rotatable bonds is 10. The van der Waals surface area contributed by atoms with Crippen molar-refractivity contribution in [2.75, 3.05) is 18.6 Å². The molecule has 0 saturated carbocycles. The van der Waals surface area contributed by atoms with Gasteiger partial charge in [0, 0.05) is 10.7 Å². The average Bonchev–Trinajstić information content (AvgIpc) is 3.02. The number of thioether (sulfide) groups is 2. The van der Waals surface area contributed by atoms with Crippen LogP contribution in [-0.2, 0) is 35.1 Å². The molecule has 10 heteroatoms. The molecule has 1 N–H and O–H groups in total. The summed E-state index contributed by atoms with van der Waals surface area (Å²) in [5.41, 5.74) is 2.49. The number of carbonyl (C=O) groups is 4. The van der Waals surface area contributed by atoms with Crippen molar-refractivity contribution < 1.29 is 28.7 Å². The van der Waals surface area contributed by atoms with E-state index in [1.54, 1.807) is 0 Å². The number of ether oxygens (including phenoxy) is 2. The summed E-state index contributed by atoms with van der Waals surface area (Å²) in [4.78, 5) is 53.9. The molecule has 0 bridgehead atoms. The van der Waals surface area contributed by atoms with Crippen LogP contribution in [0.3, 0.4) is 0 Å². The van der Waals surface area contributed by atoms with E-state index in [9.17, 15) is 19.2 Å². The standard InChI is InChI=1S/C31H28N2O6S2/c1-38-25(35)19-40-23-18-41-30-26(32-24(34)17-20-11-5-2-6-12-20)29(36)33(30)27(23)31(37)39-28(21-13-7-3-8-14-21)22-15-9-4-10-16-22/h2-16,26,28,30H,17-19H2,1H3,(H,32,34)/t26-,30+/m1/s1. The molecule has 2 aliphatic heterocycles. The number of hydrogen-bond acceptors (Lipinski definition) is 8. The van der Waals surface area contributed by atoms with E-state index in [4.69, 9.17) is 9.47 Å². The molecule has 0 spiro atoms. The minimum atomic E-state index is -0.773. The van der Waals surface area contributed by atoms with Crippen molar-refractivity contribution in [2.45, 2.75) is 23.9 Å². The molecule has 2 amide bonds. The summed E-state index contributed by atoms with van der Waals surface area (Å²) < 4.78 is 10.9. The number of hydrogen-bond donors (Lipinski definition) is 1. The molecule has 5 rings (SSSR count). The minimum absolute atomic E-state index is 0.0199. The zero-order chi connectivity index (χ0) is 28.8. The van der Waals surface area contributed by atoms with Gasteiger partial charge in [0.15, 0.2) is 6.10 Å². The van der Waals surface area contributed by atoms with Crippen molar-refractivity contribution in [3.8, 4) is 0 Å². The second kappa shape index (κ2) is 13.1. The smallest absolute Gasteiger partial charge is 0.356 e. The van der Waals surface area contributed by atoms with E-state index in [2.05, 4.69) is 5.32 Å². The van der Waals surface area contributed by atoms with Crippen LogP contribution in [0, 0.1) is 0 Å². The fourth-order valence-corrected chi connectivity index (χ4v) is 7.11. The summed E-state index contributed by atoms with van der Waals surface area (Å²) in [6.07, 6.45) is -0.571. The van der Waals surface area contributed by atoms with Crippen molar-refractivity contribution in [2.24, 2.45) is 0 Å². The summed E-state index contributed by atoms with van der Waals surface area (Å²) in [7, 11) is 1.30. The van der Waals surface area contributed by atoms with Gasteiger partial charge in [0.05, 0.1) is 19.3 Å². The van der Waals surface area contributed by atoms with Crippen LogP contribution in [0.5, 0.6) is 0 Å². The number of nitrogens with zero attached hydrogens (tertiary/aromatic N) is 1. The number of benzene rings is 3. The number of amides is 2. The molecule has 0 radical (unpaired) electrons. The van der Waals surface area contributed by atoms with Crippen LogP contribution in [-0.4, -0.2) is 58.7 Å². The molecule has 1 fully saturated rings. The van der Waals surface area contributed by atoms with Crippen molar-refractivity contribution in [3.63, 3.8) is 0 Å². The maximum atomic E-state index is 13.9. The van der Waals surface area contributed by atoms with Crippen molar-refractivity contribution in [1.82, 2.24) is 10.2 Å². The van der Waals surface area contributed by atoms with Crippen molar-refractivity contribution in [3.05, 3.63) is 118 Å². The second-order valence-electron chi connectivity index (χ2n) is 9.36. The third-order valence-corrected chi connectivity index (χ3v) is 9.20. The maximum Gasteiger partial charge on any atom is 0.356 e. The Kier molecular flexibility index (Phi) is 9.11. The van der Waals surface area contributed by atoms with Crippen LogP contribution in [0.4, 0.5) is 0 Å². The Balaban J connectivity index is 1.39. The van der Waals surface area contributed by atoms with Gasteiger partial charge in [-0.15, -0.1) is 23.5 Å². The highest BCUT2D eigenvalue weighted by Crippen LogP contribution is 2.44. The van der Waals surface area contributed by atoms with E-state index < -0.39 is 35.4 Å². The van der Waals surface area contributed by atoms with E-state index in [1.165, 1.54) is 23.8 Å². The molecule has 0 aromatic heterocycles. The lowest BCUT2D eigenvalue weighted by atomic mass is 10.0. The first kappa shape index (κ1) is 28.5. The molecular formula is C31H28N2O6S2. The van der Waals surface area contributed by atoms with Gasteiger partial charge in [0.25, 0.3) is 5.91 Å². The number of carbonyl (C=O) groups excluding carboxylic acids is 4. The van der Waals surface area contributed by atoms with E-state index in [0.29, 0.717) is 10.7 Å². The Morgan fingerprint density at radius 2 is 1.54 bits per heavy atom. The molecule has 1 saturated heterocycles. The SMILES string of the molecule is COC(=O)CSC1=C(C(=O)OC(c2ccccc2)c2ccccc2)N2C(=O)[C@@H](NC(=O)Cc3ccccc3)[C@@H]2SC1. The minimum Gasteiger partial charge on any atom is -0.468 e. The Morgan fingerprint density at radius 1 is 0.951 bits per heavy atom. The lowest BCUT2D eigenvalue weighted by Crippen LogP contribution is -2.70. The predicted octanol–water partition coefficient (Wildman–Crippen LogP) is 4.08. The molecular weight excluding hydrogens is 560 g/mol. The van der Waals surface area contributed by atoms with Crippen LogP contribution < -0.4 is 5.32 Å². The predicted molar refractivity (Wildman–Crippen MR) is 157 cm³/mol. The number of fused-ring (bicyclic) bond motifs is 1. The van der Waals surface area contributed by atoms with Crippen LogP contribution in [0.25, 0.3) is 0 Å². The van der Waals surface area contributed by atoms with Gasteiger partial charge in [-0.3, -0.25) is 19.3 Å². The normalized spacial score (nSPS) is 17.9. The average molecular weight is 589 g/mol. The molecule has 2 atom stereocenters. The van der Waals surface area contributed by atoms with Crippen molar-refractivity contribution >= 4 is 47.3 Å². The summed E-state index contributed by atoms with van der Waals surface area (Å²) in [5.74, 6) is -1.46. The Labute approximate surface area is 246 Å². The molecule has 8 nitrogen and oxygen atoms in total. The molecule has 210 valence electrons. The van der Waals surface area contributed by atoms with Gasteiger partial charge >= 0.3 is 11.9 Å². The van der Waals surface area contributed by atoms with Crippen LogP contribution >= 0.6 is 23.5 Å². The van der Waals surface area contributed by atoms with Crippen LogP contribution in [0.1, 0.15) is 22.8 Å². The lowest BCUT2D eigenvalue weighted by Gasteiger charge is -2.49. The van der Waals surface area contributed by atoms with E-state index in [1.807, 2.05) is 91.0 Å². The third kappa shape index (κ3) is 6.49. The first-order valence-corrected chi connectivity index (χ1v) is 15.0. The molecule has 41 heavy (non-hydrogen) atoms. The van der Waals surface area contributed by atoms with Gasteiger partial charge in [-0.25, -0.2) is 4.79 Å². The highest BCUT2D eigenvalue weighted by atomic mass is 32.2. The van der Waals surface area contributed by atoms with E-state index in [0.717, 1.165) is 28.5 Å². The van der Waals surface area contributed by atoms with Gasteiger partial charge in [0.2, 0.25) is 5.91 Å². The van der Waals surface area contributed by atoms with Gasteiger partial charge < -0.3 is 14.8 Å². The largest absolute Gasteiger partial charge is 0.468 e. The number of nitrogens with one attached hydrogen (secondary N) is 1. The topological polar surface area (TPSA) is 102 Å². The third-order valence-electron chi connectivity index (χ3n) is 6.67.